The number of aliphatic hydroxyl groups excluding tert-OH is 1. The number of nitrogens with zero attached hydrogens (tertiary/aromatic N) is 2. The minimum absolute atomic E-state index is 0.0642. The summed E-state index contributed by atoms with van der Waals surface area (Å²) in [5.74, 6) is 0.792. The van der Waals surface area contributed by atoms with Crippen LogP contribution in [-0.2, 0) is 23.2 Å². The first-order chi connectivity index (χ1) is 19.7. The largest absolute Gasteiger partial charge is 0.491 e. The van der Waals surface area contributed by atoms with E-state index in [0.29, 0.717) is 19.6 Å². The zero-order valence-corrected chi connectivity index (χ0v) is 25.0. The van der Waals surface area contributed by atoms with E-state index in [4.69, 9.17) is 4.74 Å². The van der Waals surface area contributed by atoms with Gasteiger partial charge in [-0.2, -0.15) is 0 Å². The van der Waals surface area contributed by atoms with Crippen molar-refractivity contribution in [2.75, 3.05) is 32.8 Å². The molecule has 0 fully saturated rings. The number of H-pyrrole nitrogens is 1. The van der Waals surface area contributed by atoms with Crippen LogP contribution in [0.25, 0.3) is 10.9 Å². The first kappa shape index (κ1) is 30.4. The Morgan fingerprint density at radius 2 is 1.66 bits per heavy atom. The highest BCUT2D eigenvalue weighted by atomic mass is 16.5. The molecule has 1 amide bonds. The van der Waals surface area contributed by atoms with Gasteiger partial charge in [-0.25, -0.2) is 0 Å². The predicted molar refractivity (Wildman–Crippen MR) is 167 cm³/mol. The number of aromatic amines is 1. The quantitative estimate of drug-likeness (QED) is 0.195. The maximum absolute atomic E-state index is 13.8. The van der Waals surface area contributed by atoms with E-state index < -0.39 is 6.10 Å². The van der Waals surface area contributed by atoms with Gasteiger partial charge < -0.3 is 19.7 Å². The van der Waals surface area contributed by atoms with E-state index >= 15 is 0 Å². The molecule has 0 spiro atoms. The van der Waals surface area contributed by atoms with Gasteiger partial charge in [0.1, 0.15) is 18.5 Å². The average Bonchev–Trinajstić information content (AvgIpc) is 3.37. The number of aromatic nitrogens is 1. The van der Waals surface area contributed by atoms with Crippen LogP contribution in [0.5, 0.6) is 5.75 Å². The van der Waals surface area contributed by atoms with Gasteiger partial charge in [0.2, 0.25) is 5.91 Å². The lowest BCUT2D eigenvalue weighted by Gasteiger charge is -2.29. The van der Waals surface area contributed by atoms with Crippen molar-refractivity contribution in [1.82, 2.24) is 14.8 Å². The molecule has 0 radical (unpaired) electrons. The van der Waals surface area contributed by atoms with Gasteiger partial charge in [0.15, 0.2) is 0 Å². The van der Waals surface area contributed by atoms with Crippen LogP contribution in [0.4, 0.5) is 0 Å². The summed E-state index contributed by atoms with van der Waals surface area (Å²) in [4.78, 5) is 21.2. The van der Waals surface area contributed by atoms with Crippen LogP contribution in [0, 0.1) is 0 Å². The van der Waals surface area contributed by atoms with Crippen molar-refractivity contribution in [3.63, 3.8) is 0 Å². The lowest BCUT2D eigenvalue weighted by atomic mass is 9.87. The number of benzene rings is 3. The molecule has 0 aliphatic carbocycles. The molecule has 0 saturated carbocycles. The normalized spacial score (nSPS) is 12.5. The molecule has 0 unspecified atom stereocenters. The van der Waals surface area contributed by atoms with Gasteiger partial charge in [0, 0.05) is 36.7 Å². The summed E-state index contributed by atoms with van der Waals surface area (Å²) < 4.78 is 5.75. The molecular formula is C35H45N3O3. The van der Waals surface area contributed by atoms with Crippen LogP contribution in [0.2, 0.25) is 0 Å². The number of fused-ring (bicyclic) bond motifs is 1. The first-order valence-corrected chi connectivity index (χ1v) is 14.7. The van der Waals surface area contributed by atoms with Crippen molar-refractivity contribution < 1.29 is 14.6 Å². The van der Waals surface area contributed by atoms with Gasteiger partial charge in [-0.1, -0.05) is 88.4 Å². The molecule has 3 aromatic carbocycles. The summed E-state index contributed by atoms with van der Waals surface area (Å²) in [6.07, 6.45) is 3.01. The fourth-order valence-corrected chi connectivity index (χ4v) is 5.12. The summed E-state index contributed by atoms with van der Waals surface area (Å²) in [6, 6.07) is 26.4. The number of hydrogen-bond donors (Lipinski definition) is 2. The third kappa shape index (κ3) is 8.94. The van der Waals surface area contributed by atoms with E-state index in [0.717, 1.165) is 36.2 Å². The Hall–Kier alpha value is -3.61. The van der Waals surface area contributed by atoms with Crippen LogP contribution in [0.3, 0.4) is 0 Å². The van der Waals surface area contributed by atoms with Gasteiger partial charge in [-0.15, -0.1) is 0 Å². The first-order valence-electron chi connectivity index (χ1n) is 14.7. The van der Waals surface area contributed by atoms with E-state index in [-0.39, 0.29) is 24.5 Å². The zero-order valence-electron chi connectivity index (χ0n) is 25.0. The average molecular weight is 556 g/mol. The Morgan fingerprint density at radius 3 is 2.37 bits per heavy atom. The molecule has 41 heavy (non-hydrogen) atoms. The Labute approximate surface area is 244 Å². The van der Waals surface area contributed by atoms with Crippen molar-refractivity contribution in [1.29, 1.82) is 0 Å². The van der Waals surface area contributed by atoms with Gasteiger partial charge in [-0.3, -0.25) is 9.69 Å². The third-order valence-corrected chi connectivity index (χ3v) is 7.43. The van der Waals surface area contributed by atoms with E-state index in [9.17, 15) is 9.90 Å². The Bertz CT molecular complexity index is 1360. The predicted octanol–water partition coefficient (Wildman–Crippen LogP) is 6.19. The highest BCUT2D eigenvalue weighted by Gasteiger charge is 2.21. The highest BCUT2D eigenvalue weighted by Crippen LogP contribution is 2.23. The number of hydrogen-bond acceptors (Lipinski definition) is 4. The number of carbonyl (C=O) groups excluding carboxylic acids is 1. The number of rotatable bonds is 14. The lowest BCUT2D eigenvalue weighted by molar-refractivity contribution is -0.133. The molecule has 218 valence electrons. The number of para-hydroxylation sites is 2. The zero-order chi connectivity index (χ0) is 29.2. The molecule has 1 aromatic heterocycles. The number of nitrogens with one attached hydrogen (secondary N) is 1. The molecular weight excluding hydrogens is 510 g/mol. The summed E-state index contributed by atoms with van der Waals surface area (Å²) in [7, 11) is 0. The van der Waals surface area contributed by atoms with E-state index in [1.807, 2.05) is 46.2 Å². The van der Waals surface area contributed by atoms with Crippen molar-refractivity contribution >= 4 is 16.8 Å². The smallest absolute Gasteiger partial charge is 0.237 e. The maximum Gasteiger partial charge on any atom is 0.237 e. The summed E-state index contributed by atoms with van der Waals surface area (Å²) in [5, 5.41) is 11.9. The highest BCUT2D eigenvalue weighted by molar-refractivity contribution is 5.83. The van der Waals surface area contributed by atoms with Crippen LogP contribution >= 0.6 is 0 Å². The van der Waals surface area contributed by atoms with Crippen molar-refractivity contribution in [2.24, 2.45) is 0 Å². The fraction of sp³-hybridized carbons (Fsp3) is 0.400. The Morgan fingerprint density at radius 1 is 0.951 bits per heavy atom. The molecule has 1 atom stereocenters. The minimum Gasteiger partial charge on any atom is -0.491 e. The number of carbonyl (C=O) groups is 1. The maximum atomic E-state index is 13.8. The molecule has 6 heteroatoms. The third-order valence-electron chi connectivity index (χ3n) is 7.43. The summed E-state index contributed by atoms with van der Waals surface area (Å²) in [6.45, 7) is 11.4. The second-order valence-corrected chi connectivity index (χ2v) is 11.9. The van der Waals surface area contributed by atoms with Crippen LogP contribution < -0.4 is 4.74 Å². The van der Waals surface area contributed by atoms with Crippen LogP contribution in [0.1, 0.15) is 50.8 Å². The standard InChI is InChI=1S/C35H45N3O3/c1-5-20-37(24-30(39)26-41-31-11-7-6-8-12-31)25-34(40)38(23-27-15-17-29(18-16-27)35(2,3)4)21-19-28-22-36-33-14-10-9-13-32(28)33/h6-18,22,30,36,39H,5,19-21,23-26H2,1-4H3/t30-/m1/s1. The topological polar surface area (TPSA) is 68.8 Å². The molecule has 0 aliphatic heterocycles. The van der Waals surface area contributed by atoms with E-state index in [1.54, 1.807) is 0 Å². The molecule has 4 aromatic rings. The Balaban J connectivity index is 1.44. The van der Waals surface area contributed by atoms with Crippen LogP contribution in [0.15, 0.2) is 85.1 Å². The van der Waals surface area contributed by atoms with Crippen molar-refractivity contribution in [3.05, 3.63) is 102 Å². The molecule has 0 bridgehead atoms. The van der Waals surface area contributed by atoms with Gasteiger partial charge in [0.05, 0.1) is 6.54 Å². The van der Waals surface area contributed by atoms with E-state index in [2.05, 4.69) is 81.3 Å². The van der Waals surface area contributed by atoms with Gasteiger partial charge in [-0.05, 0) is 59.7 Å². The van der Waals surface area contributed by atoms with Gasteiger partial charge >= 0.3 is 0 Å². The molecule has 6 nitrogen and oxygen atoms in total. The summed E-state index contributed by atoms with van der Waals surface area (Å²) >= 11 is 0. The minimum atomic E-state index is -0.695. The molecule has 2 N–H and O–H groups in total. The van der Waals surface area contributed by atoms with Gasteiger partial charge in [0.25, 0.3) is 0 Å². The van der Waals surface area contributed by atoms with Crippen LogP contribution in [-0.4, -0.2) is 64.7 Å². The number of amides is 1. The Kier molecular flexibility index (Phi) is 10.6. The van der Waals surface area contributed by atoms with E-state index in [1.165, 1.54) is 16.5 Å². The molecule has 4 rings (SSSR count). The SMILES string of the molecule is CCCN(CC(=O)N(CCc1c[nH]c2ccccc12)Cc1ccc(C(C)(C)C)cc1)C[C@@H](O)COc1ccccc1. The molecule has 0 aliphatic rings. The lowest BCUT2D eigenvalue weighted by Crippen LogP contribution is -2.44. The van der Waals surface area contributed by atoms with Crippen molar-refractivity contribution in [2.45, 2.75) is 58.6 Å². The molecule has 1 heterocycles. The second-order valence-electron chi connectivity index (χ2n) is 11.9. The fourth-order valence-electron chi connectivity index (χ4n) is 5.12. The monoisotopic (exact) mass is 555 g/mol. The summed E-state index contributed by atoms with van der Waals surface area (Å²) in [5.41, 5.74) is 4.79. The number of aliphatic hydroxyl groups is 1. The second kappa shape index (κ2) is 14.3. The molecule has 0 saturated heterocycles. The van der Waals surface area contributed by atoms with Crippen molar-refractivity contribution in [3.8, 4) is 5.75 Å². The number of ether oxygens (including phenoxy) is 1.